The minimum atomic E-state index is 0.531. The first kappa shape index (κ1) is 16.5. The number of para-hydroxylation sites is 1. The second kappa shape index (κ2) is 7.47. The standard InChI is InChI=1S/C20H17ClN2S/c1-14-11-12-16(21)13-19(14)23-20(24)22-18-10-6-5-9-17(18)15-7-3-2-4-8-15/h2-13H,1H3,(H2,22,23,24). The molecule has 0 aliphatic heterocycles. The summed E-state index contributed by atoms with van der Waals surface area (Å²) in [5.74, 6) is 0. The number of hydrogen-bond donors (Lipinski definition) is 2. The van der Waals surface area contributed by atoms with Gasteiger partial charge >= 0.3 is 0 Å². The van der Waals surface area contributed by atoms with E-state index in [2.05, 4.69) is 28.8 Å². The van der Waals surface area contributed by atoms with Crippen molar-refractivity contribution < 1.29 is 0 Å². The third-order valence-electron chi connectivity index (χ3n) is 3.71. The van der Waals surface area contributed by atoms with Crippen molar-refractivity contribution in [1.29, 1.82) is 0 Å². The summed E-state index contributed by atoms with van der Waals surface area (Å²) in [7, 11) is 0. The Morgan fingerprint density at radius 1 is 0.833 bits per heavy atom. The van der Waals surface area contributed by atoms with Crippen LogP contribution in [0.4, 0.5) is 11.4 Å². The summed E-state index contributed by atoms with van der Waals surface area (Å²) in [5, 5.41) is 7.70. The molecule has 0 fully saturated rings. The Hall–Kier alpha value is -2.36. The Balaban J connectivity index is 1.82. The molecule has 24 heavy (non-hydrogen) atoms. The third-order valence-corrected chi connectivity index (χ3v) is 4.15. The topological polar surface area (TPSA) is 24.1 Å². The van der Waals surface area contributed by atoms with Gasteiger partial charge < -0.3 is 10.6 Å². The van der Waals surface area contributed by atoms with Crippen molar-refractivity contribution in [3.63, 3.8) is 0 Å². The van der Waals surface area contributed by atoms with E-state index in [1.807, 2.05) is 61.5 Å². The summed E-state index contributed by atoms with van der Waals surface area (Å²) < 4.78 is 0. The van der Waals surface area contributed by atoms with E-state index in [0.717, 1.165) is 28.1 Å². The first-order chi connectivity index (χ1) is 11.6. The molecule has 0 aliphatic carbocycles. The maximum atomic E-state index is 6.06. The summed E-state index contributed by atoms with van der Waals surface area (Å²) in [6, 6.07) is 24.0. The fraction of sp³-hybridized carbons (Fsp3) is 0.0500. The Morgan fingerprint density at radius 2 is 1.50 bits per heavy atom. The van der Waals surface area contributed by atoms with Crippen LogP contribution in [0.3, 0.4) is 0 Å². The minimum Gasteiger partial charge on any atom is -0.332 e. The van der Waals surface area contributed by atoms with E-state index < -0.39 is 0 Å². The first-order valence-corrected chi connectivity index (χ1v) is 8.41. The number of anilines is 2. The monoisotopic (exact) mass is 352 g/mol. The summed E-state index contributed by atoms with van der Waals surface area (Å²) in [6.07, 6.45) is 0. The molecule has 120 valence electrons. The second-order valence-electron chi connectivity index (χ2n) is 5.45. The molecule has 0 bridgehead atoms. The van der Waals surface area contributed by atoms with Crippen LogP contribution in [0, 0.1) is 6.92 Å². The van der Waals surface area contributed by atoms with Gasteiger partial charge in [-0.15, -0.1) is 0 Å². The molecule has 0 atom stereocenters. The lowest BCUT2D eigenvalue weighted by atomic mass is 10.0. The van der Waals surface area contributed by atoms with Crippen molar-refractivity contribution >= 4 is 40.3 Å². The highest BCUT2D eigenvalue weighted by atomic mass is 35.5. The summed E-state index contributed by atoms with van der Waals surface area (Å²) in [6.45, 7) is 2.01. The molecular formula is C20H17ClN2S. The zero-order chi connectivity index (χ0) is 16.9. The van der Waals surface area contributed by atoms with E-state index in [0.29, 0.717) is 10.1 Å². The van der Waals surface area contributed by atoms with E-state index in [4.69, 9.17) is 23.8 Å². The highest BCUT2D eigenvalue weighted by Gasteiger charge is 2.07. The average molecular weight is 353 g/mol. The van der Waals surface area contributed by atoms with Gasteiger partial charge in [-0.2, -0.15) is 0 Å². The molecule has 3 aromatic rings. The van der Waals surface area contributed by atoms with Crippen LogP contribution in [0.15, 0.2) is 72.8 Å². The zero-order valence-electron chi connectivity index (χ0n) is 13.2. The molecule has 4 heteroatoms. The van der Waals surface area contributed by atoms with Crippen LogP contribution in [0.1, 0.15) is 5.56 Å². The Kier molecular flexibility index (Phi) is 5.14. The van der Waals surface area contributed by atoms with Crippen LogP contribution in [0.2, 0.25) is 5.02 Å². The highest BCUT2D eigenvalue weighted by molar-refractivity contribution is 7.80. The largest absolute Gasteiger partial charge is 0.332 e. The van der Waals surface area contributed by atoms with Gasteiger partial charge in [-0.1, -0.05) is 66.2 Å². The molecule has 3 rings (SSSR count). The van der Waals surface area contributed by atoms with Crippen molar-refractivity contribution in [3.8, 4) is 11.1 Å². The minimum absolute atomic E-state index is 0.531. The number of benzene rings is 3. The molecule has 2 N–H and O–H groups in total. The van der Waals surface area contributed by atoms with Crippen LogP contribution < -0.4 is 10.6 Å². The third kappa shape index (κ3) is 3.94. The van der Waals surface area contributed by atoms with E-state index >= 15 is 0 Å². The number of hydrogen-bond acceptors (Lipinski definition) is 1. The molecular weight excluding hydrogens is 336 g/mol. The van der Waals surface area contributed by atoms with Gasteiger partial charge in [0, 0.05) is 22.0 Å². The molecule has 0 saturated carbocycles. The molecule has 0 aliphatic rings. The second-order valence-corrected chi connectivity index (χ2v) is 6.29. The number of halogens is 1. The molecule has 0 radical (unpaired) electrons. The maximum Gasteiger partial charge on any atom is 0.175 e. The van der Waals surface area contributed by atoms with Gasteiger partial charge in [0.15, 0.2) is 5.11 Å². The SMILES string of the molecule is Cc1ccc(Cl)cc1NC(=S)Nc1ccccc1-c1ccccc1. The van der Waals surface area contributed by atoms with Gasteiger partial charge in [-0.25, -0.2) is 0 Å². The Labute approximate surface area is 152 Å². The van der Waals surface area contributed by atoms with Gasteiger partial charge in [-0.05, 0) is 48.5 Å². The van der Waals surface area contributed by atoms with Gasteiger partial charge in [-0.3, -0.25) is 0 Å². The first-order valence-electron chi connectivity index (χ1n) is 7.62. The van der Waals surface area contributed by atoms with E-state index in [1.165, 1.54) is 0 Å². The van der Waals surface area contributed by atoms with E-state index in [1.54, 1.807) is 0 Å². The average Bonchev–Trinajstić information content (AvgIpc) is 2.59. The number of nitrogens with one attached hydrogen (secondary N) is 2. The number of aryl methyl sites for hydroxylation is 1. The van der Waals surface area contributed by atoms with Crippen molar-refractivity contribution in [2.45, 2.75) is 6.92 Å². The molecule has 0 amide bonds. The van der Waals surface area contributed by atoms with Gasteiger partial charge in [0.25, 0.3) is 0 Å². The van der Waals surface area contributed by atoms with Crippen LogP contribution in [0.5, 0.6) is 0 Å². The van der Waals surface area contributed by atoms with Gasteiger partial charge in [0.1, 0.15) is 0 Å². The lowest BCUT2D eigenvalue weighted by Gasteiger charge is -2.15. The van der Waals surface area contributed by atoms with E-state index in [-0.39, 0.29) is 0 Å². The molecule has 0 saturated heterocycles. The molecule has 0 aromatic heterocycles. The predicted molar refractivity (Wildman–Crippen MR) is 108 cm³/mol. The van der Waals surface area contributed by atoms with Crippen LogP contribution >= 0.6 is 23.8 Å². The zero-order valence-corrected chi connectivity index (χ0v) is 14.8. The normalized spacial score (nSPS) is 10.2. The van der Waals surface area contributed by atoms with Crippen molar-refractivity contribution in [1.82, 2.24) is 0 Å². The summed E-state index contributed by atoms with van der Waals surface area (Å²) in [4.78, 5) is 0. The molecule has 2 nitrogen and oxygen atoms in total. The molecule has 3 aromatic carbocycles. The number of rotatable bonds is 3. The highest BCUT2D eigenvalue weighted by Crippen LogP contribution is 2.28. The molecule has 0 heterocycles. The molecule has 0 spiro atoms. The van der Waals surface area contributed by atoms with Gasteiger partial charge in [0.2, 0.25) is 0 Å². The Bertz CT molecular complexity index is 863. The van der Waals surface area contributed by atoms with Crippen LogP contribution in [-0.2, 0) is 0 Å². The smallest absolute Gasteiger partial charge is 0.175 e. The van der Waals surface area contributed by atoms with E-state index in [9.17, 15) is 0 Å². The van der Waals surface area contributed by atoms with Crippen molar-refractivity contribution in [2.75, 3.05) is 10.6 Å². The molecule has 0 unspecified atom stereocenters. The number of thiocarbonyl (C=S) groups is 1. The fourth-order valence-electron chi connectivity index (χ4n) is 2.47. The lowest BCUT2D eigenvalue weighted by Crippen LogP contribution is -2.20. The lowest BCUT2D eigenvalue weighted by molar-refractivity contribution is 1.45. The van der Waals surface area contributed by atoms with Gasteiger partial charge in [0.05, 0.1) is 0 Å². The Morgan fingerprint density at radius 3 is 2.29 bits per heavy atom. The summed E-state index contributed by atoms with van der Waals surface area (Å²) in [5.41, 5.74) is 5.19. The van der Waals surface area contributed by atoms with Crippen LogP contribution in [-0.4, -0.2) is 5.11 Å². The predicted octanol–water partition coefficient (Wildman–Crippen LogP) is 6.12. The maximum absolute atomic E-state index is 6.06. The van der Waals surface area contributed by atoms with Crippen LogP contribution in [0.25, 0.3) is 11.1 Å². The quantitative estimate of drug-likeness (QED) is 0.555. The van der Waals surface area contributed by atoms with Crippen molar-refractivity contribution in [2.24, 2.45) is 0 Å². The fourth-order valence-corrected chi connectivity index (χ4v) is 2.86. The summed E-state index contributed by atoms with van der Waals surface area (Å²) >= 11 is 11.5. The van der Waals surface area contributed by atoms with Crippen molar-refractivity contribution in [3.05, 3.63) is 83.4 Å².